The summed E-state index contributed by atoms with van der Waals surface area (Å²) in [5, 5.41) is 10.6. The van der Waals surface area contributed by atoms with Crippen LogP contribution in [0.4, 0.5) is 0 Å². The number of likely N-dealkylation sites (tertiary alicyclic amines) is 1. The van der Waals surface area contributed by atoms with Gasteiger partial charge in [0.05, 0.1) is 40.8 Å². The van der Waals surface area contributed by atoms with Crippen molar-refractivity contribution >= 4 is 33.6 Å². The Morgan fingerprint density at radius 2 is 1.84 bits per heavy atom. The predicted octanol–water partition coefficient (Wildman–Crippen LogP) is 3.21. The minimum atomic E-state index is -3.92. The van der Waals surface area contributed by atoms with Crippen LogP contribution in [0.25, 0.3) is 0 Å². The molecule has 0 radical (unpaired) electrons. The van der Waals surface area contributed by atoms with E-state index < -0.39 is 79.4 Å². The number of aliphatic hydroxyl groups is 1. The van der Waals surface area contributed by atoms with Crippen molar-refractivity contribution in [3.8, 4) is 0 Å². The topological polar surface area (TPSA) is 156 Å². The number of unbranched alkanes of at least 4 members (excludes halogenated alkanes) is 1. The number of allylic oxidation sites excluding steroid dienone is 2. The molecule has 0 aromatic heterocycles. The molecular weight excluding hydrogens is 588 g/mol. The van der Waals surface area contributed by atoms with E-state index in [1.165, 1.54) is 11.0 Å². The minimum Gasteiger partial charge on any atom is -0.460 e. The molecule has 1 saturated heterocycles. The first kappa shape index (κ1) is 35.9. The molecule has 0 unspecified atom stereocenters. The molecule has 3 rings (SSSR count). The number of carbonyl (C=O) groups excluding carboxylic acids is 4. The zero-order valence-corrected chi connectivity index (χ0v) is 27.6. The fraction of sp³-hybridized carbons (Fsp3) is 0.750. The van der Waals surface area contributed by atoms with Crippen molar-refractivity contribution in [2.24, 2.45) is 17.3 Å². The summed E-state index contributed by atoms with van der Waals surface area (Å²) in [6.07, 6.45) is 4.02. The van der Waals surface area contributed by atoms with Crippen LogP contribution >= 0.6 is 0 Å². The fourth-order valence-corrected chi connectivity index (χ4v) is 7.24. The maximum atomic E-state index is 14.1. The lowest BCUT2D eigenvalue weighted by atomic mass is 9.90. The number of carbonyl (C=O) groups is 4. The van der Waals surface area contributed by atoms with Crippen molar-refractivity contribution in [1.29, 1.82) is 0 Å². The van der Waals surface area contributed by atoms with Gasteiger partial charge in [-0.3, -0.25) is 23.9 Å². The first-order valence-corrected chi connectivity index (χ1v) is 17.1. The van der Waals surface area contributed by atoms with Crippen LogP contribution in [-0.4, -0.2) is 83.7 Å². The second-order valence-corrected chi connectivity index (χ2v) is 16.0. The smallest absolute Gasteiger partial charge is 0.307 e. The Bertz CT molecular complexity index is 1240. The number of nitrogens with one attached hydrogen (secondary N) is 1. The van der Waals surface area contributed by atoms with Gasteiger partial charge in [-0.05, 0) is 72.1 Å². The lowest BCUT2D eigenvalue weighted by Gasteiger charge is -2.32. The van der Waals surface area contributed by atoms with Gasteiger partial charge in [0.15, 0.2) is 5.78 Å². The number of esters is 1. The summed E-state index contributed by atoms with van der Waals surface area (Å²) in [5.41, 5.74) is -2.07. The van der Waals surface area contributed by atoms with Gasteiger partial charge < -0.3 is 19.5 Å². The van der Waals surface area contributed by atoms with Crippen LogP contribution in [0.1, 0.15) is 92.4 Å². The van der Waals surface area contributed by atoms with Crippen LogP contribution in [0.5, 0.6) is 0 Å². The first-order chi connectivity index (χ1) is 20.4. The molecule has 44 heavy (non-hydrogen) atoms. The molecule has 3 aliphatic rings. The summed E-state index contributed by atoms with van der Waals surface area (Å²) in [6, 6.07) is -1.05. The Morgan fingerprint density at radius 1 is 1.18 bits per heavy atom. The van der Waals surface area contributed by atoms with Gasteiger partial charge in [0.1, 0.15) is 5.60 Å². The molecule has 2 amide bonds. The van der Waals surface area contributed by atoms with Gasteiger partial charge in [-0.15, -0.1) is 13.2 Å². The molecule has 3 fully saturated rings. The number of amides is 2. The monoisotopic (exact) mass is 638 g/mol. The molecule has 0 spiro atoms. The predicted molar refractivity (Wildman–Crippen MR) is 165 cm³/mol. The zero-order valence-electron chi connectivity index (χ0n) is 26.8. The molecule has 0 aromatic carbocycles. The second kappa shape index (κ2) is 13.8. The molecule has 1 aliphatic heterocycles. The van der Waals surface area contributed by atoms with Crippen LogP contribution < -0.4 is 4.72 Å². The molecule has 11 nitrogen and oxygen atoms in total. The van der Waals surface area contributed by atoms with Crippen molar-refractivity contribution < 1.29 is 42.2 Å². The molecule has 248 valence electrons. The van der Waals surface area contributed by atoms with Gasteiger partial charge in [-0.2, -0.15) is 0 Å². The number of β-amino-alcohol motifs (C(OH)–C–C–N with tert-alkyl or cyclic N) is 1. The number of Topliss-reactive ketones (excluding diaryl/α,β-unsaturated/α-hetero) is 1. The van der Waals surface area contributed by atoms with Crippen molar-refractivity contribution in [3.63, 3.8) is 0 Å². The maximum Gasteiger partial charge on any atom is 0.307 e. The molecule has 6 atom stereocenters. The van der Waals surface area contributed by atoms with E-state index in [0.29, 0.717) is 32.3 Å². The average molecular weight is 639 g/mol. The average Bonchev–Trinajstić information content (AvgIpc) is 3.81. The molecular formula is C32H50N2O9S. The van der Waals surface area contributed by atoms with E-state index in [0.717, 1.165) is 6.42 Å². The van der Waals surface area contributed by atoms with Crippen molar-refractivity contribution in [1.82, 2.24) is 9.62 Å². The van der Waals surface area contributed by atoms with Crippen LogP contribution in [0.15, 0.2) is 25.3 Å². The standard InChI is InChI=1S/C32H50N2O9S/c1-8-11-12-15-42-26(10-3)23(17-27(37)43-30(4,5)6)28(38)34-20-22(35)16-24(34)25(36)19-32(18-21(32)9-2)29(39)33-44(40,41)31(7)13-14-31/h8-9,21-24,26,35H,1-2,10-20H2,3-7H3,(H,33,39)/t21-,22-,23+,24+,26+,32-/m1/s1. The molecule has 2 N–H and O–H groups in total. The lowest BCUT2D eigenvalue weighted by Crippen LogP contribution is -2.49. The zero-order chi connectivity index (χ0) is 33.1. The normalized spacial score (nSPS) is 27.1. The maximum absolute atomic E-state index is 14.1. The largest absolute Gasteiger partial charge is 0.460 e. The fourth-order valence-electron chi connectivity index (χ4n) is 5.90. The van der Waals surface area contributed by atoms with Gasteiger partial charge in [-0.25, -0.2) is 8.42 Å². The number of hydrogen-bond donors (Lipinski definition) is 2. The summed E-state index contributed by atoms with van der Waals surface area (Å²) < 4.78 is 38.3. The van der Waals surface area contributed by atoms with Crippen LogP contribution in [0.2, 0.25) is 0 Å². The van der Waals surface area contributed by atoms with Gasteiger partial charge in [-0.1, -0.05) is 19.1 Å². The highest BCUT2D eigenvalue weighted by molar-refractivity contribution is 7.91. The third-order valence-electron chi connectivity index (χ3n) is 8.98. The number of ether oxygens (including phenoxy) is 2. The van der Waals surface area contributed by atoms with Crippen LogP contribution in [0.3, 0.4) is 0 Å². The van der Waals surface area contributed by atoms with E-state index in [2.05, 4.69) is 17.9 Å². The molecule has 2 saturated carbocycles. The summed E-state index contributed by atoms with van der Waals surface area (Å²) in [5.74, 6) is -3.68. The lowest BCUT2D eigenvalue weighted by molar-refractivity contribution is -0.162. The number of sulfonamides is 1. The number of nitrogens with zero attached hydrogens (tertiary/aromatic N) is 1. The Kier molecular flexibility index (Phi) is 11.3. The van der Waals surface area contributed by atoms with Gasteiger partial charge in [0.2, 0.25) is 21.8 Å². The van der Waals surface area contributed by atoms with Gasteiger partial charge in [0, 0.05) is 26.0 Å². The van der Waals surface area contributed by atoms with E-state index in [1.807, 2.05) is 6.92 Å². The summed E-state index contributed by atoms with van der Waals surface area (Å²) >= 11 is 0. The van der Waals surface area contributed by atoms with E-state index in [4.69, 9.17) is 9.47 Å². The SMILES string of the molecule is C=CCCCO[C@@H](CC)[C@H](CC(=O)OC(C)(C)C)C(=O)N1C[C@H](O)C[C@H]1C(=O)C[C@]1(C(=O)NS(=O)(=O)C2(C)CC2)C[C@H]1C=C. The van der Waals surface area contributed by atoms with Crippen molar-refractivity contribution in [2.45, 2.75) is 121 Å². The van der Waals surface area contributed by atoms with E-state index in [1.54, 1.807) is 33.8 Å². The Hall–Kier alpha value is -2.57. The molecule has 1 heterocycles. The summed E-state index contributed by atoms with van der Waals surface area (Å²) in [7, 11) is -3.92. The Labute approximate surface area is 261 Å². The quantitative estimate of drug-likeness (QED) is 0.139. The molecule has 0 bridgehead atoms. The minimum absolute atomic E-state index is 0.0342. The number of rotatable bonds is 17. The molecule has 0 aromatic rings. The summed E-state index contributed by atoms with van der Waals surface area (Å²) in [4.78, 5) is 55.5. The van der Waals surface area contributed by atoms with Crippen molar-refractivity contribution in [2.75, 3.05) is 13.2 Å². The van der Waals surface area contributed by atoms with E-state index >= 15 is 0 Å². The number of hydrogen-bond acceptors (Lipinski definition) is 9. The number of ketones is 1. The second-order valence-electron chi connectivity index (χ2n) is 13.8. The van der Waals surface area contributed by atoms with E-state index in [9.17, 15) is 32.7 Å². The van der Waals surface area contributed by atoms with Crippen LogP contribution in [0, 0.1) is 17.3 Å². The number of aliphatic hydroxyl groups excluding tert-OH is 1. The van der Waals surface area contributed by atoms with E-state index in [-0.39, 0.29) is 32.2 Å². The van der Waals surface area contributed by atoms with Gasteiger partial charge >= 0.3 is 5.97 Å². The summed E-state index contributed by atoms with van der Waals surface area (Å²) in [6.45, 7) is 16.3. The van der Waals surface area contributed by atoms with Gasteiger partial charge in [0.25, 0.3) is 0 Å². The van der Waals surface area contributed by atoms with Crippen LogP contribution in [-0.2, 0) is 38.7 Å². The Balaban J connectivity index is 1.83. The molecule has 12 heteroatoms. The highest BCUT2D eigenvalue weighted by atomic mass is 32.2. The third kappa shape index (κ3) is 8.37. The third-order valence-corrected chi connectivity index (χ3v) is 11.1. The highest BCUT2D eigenvalue weighted by Gasteiger charge is 2.62. The first-order valence-electron chi connectivity index (χ1n) is 15.6. The highest BCUT2D eigenvalue weighted by Crippen LogP contribution is 2.57. The molecule has 2 aliphatic carbocycles. The van der Waals surface area contributed by atoms with Crippen molar-refractivity contribution in [3.05, 3.63) is 25.3 Å². The Morgan fingerprint density at radius 3 is 2.36 bits per heavy atom.